The van der Waals surface area contributed by atoms with E-state index in [1.54, 1.807) is 29.2 Å². The summed E-state index contributed by atoms with van der Waals surface area (Å²) in [7, 11) is 0. The van der Waals surface area contributed by atoms with Crippen molar-refractivity contribution < 1.29 is 14.4 Å². The normalized spacial score (nSPS) is 16.0. The molecule has 2 aromatic rings. The van der Waals surface area contributed by atoms with Crippen molar-refractivity contribution in [2.24, 2.45) is 5.92 Å². The Kier molecular flexibility index (Phi) is 6.32. The molecule has 1 heterocycles. The molecule has 2 N–H and O–H groups in total. The van der Waals surface area contributed by atoms with Crippen LogP contribution in [-0.4, -0.2) is 30.8 Å². The van der Waals surface area contributed by atoms with Gasteiger partial charge in [-0.1, -0.05) is 25.1 Å². The zero-order chi connectivity index (χ0) is 21.0. The van der Waals surface area contributed by atoms with Crippen LogP contribution < -0.4 is 15.5 Å². The van der Waals surface area contributed by atoms with Gasteiger partial charge in [0, 0.05) is 25.2 Å². The summed E-state index contributed by atoms with van der Waals surface area (Å²) in [6, 6.07) is 12.8. The van der Waals surface area contributed by atoms with Crippen LogP contribution in [0.2, 0.25) is 0 Å². The van der Waals surface area contributed by atoms with Crippen LogP contribution in [0.4, 0.5) is 11.4 Å². The SMILES string of the molecule is CCCNC(=O)c1ccccc1NC(=O)[C@@H]1CC(=O)N(c2ccc(C)c(C)c2)C1. The number of anilines is 2. The third-order valence-electron chi connectivity index (χ3n) is 5.26. The summed E-state index contributed by atoms with van der Waals surface area (Å²) in [5.41, 5.74) is 3.96. The molecule has 3 amide bonds. The van der Waals surface area contributed by atoms with Crippen molar-refractivity contribution in [3.63, 3.8) is 0 Å². The maximum absolute atomic E-state index is 12.8. The van der Waals surface area contributed by atoms with E-state index < -0.39 is 5.92 Å². The largest absolute Gasteiger partial charge is 0.352 e. The highest BCUT2D eigenvalue weighted by atomic mass is 16.2. The number of carbonyl (C=O) groups excluding carboxylic acids is 3. The lowest BCUT2D eigenvalue weighted by Crippen LogP contribution is -2.29. The molecule has 29 heavy (non-hydrogen) atoms. The smallest absolute Gasteiger partial charge is 0.253 e. The Morgan fingerprint density at radius 2 is 1.86 bits per heavy atom. The molecule has 1 fully saturated rings. The lowest BCUT2D eigenvalue weighted by Gasteiger charge is -2.18. The third kappa shape index (κ3) is 4.65. The van der Waals surface area contributed by atoms with Gasteiger partial charge < -0.3 is 15.5 Å². The Labute approximate surface area is 171 Å². The quantitative estimate of drug-likeness (QED) is 0.789. The van der Waals surface area contributed by atoms with Crippen molar-refractivity contribution in [2.45, 2.75) is 33.6 Å². The van der Waals surface area contributed by atoms with Crippen molar-refractivity contribution >= 4 is 29.1 Å². The van der Waals surface area contributed by atoms with Gasteiger partial charge in [0.2, 0.25) is 11.8 Å². The predicted octanol–water partition coefficient (Wildman–Crippen LogP) is 3.43. The number of hydrogen-bond acceptors (Lipinski definition) is 3. The number of nitrogens with zero attached hydrogens (tertiary/aromatic N) is 1. The minimum absolute atomic E-state index is 0.0672. The van der Waals surface area contributed by atoms with E-state index in [2.05, 4.69) is 10.6 Å². The van der Waals surface area contributed by atoms with Crippen LogP contribution >= 0.6 is 0 Å². The van der Waals surface area contributed by atoms with Crippen LogP contribution in [-0.2, 0) is 9.59 Å². The number of amides is 3. The van der Waals surface area contributed by atoms with Crippen molar-refractivity contribution in [1.82, 2.24) is 5.32 Å². The topological polar surface area (TPSA) is 78.5 Å². The Balaban J connectivity index is 1.71. The zero-order valence-electron chi connectivity index (χ0n) is 17.1. The molecule has 0 saturated carbocycles. The summed E-state index contributed by atoms with van der Waals surface area (Å²) in [4.78, 5) is 39.4. The van der Waals surface area contributed by atoms with Crippen LogP contribution in [0.1, 0.15) is 41.3 Å². The fourth-order valence-electron chi connectivity index (χ4n) is 3.38. The molecule has 3 rings (SSSR count). The predicted molar refractivity (Wildman–Crippen MR) is 114 cm³/mol. The Hall–Kier alpha value is -3.15. The van der Waals surface area contributed by atoms with E-state index in [9.17, 15) is 14.4 Å². The van der Waals surface area contributed by atoms with Crippen LogP contribution in [0.25, 0.3) is 0 Å². The molecule has 152 valence electrons. The van der Waals surface area contributed by atoms with Crippen LogP contribution in [0.3, 0.4) is 0 Å². The van der Waals surface area contributed by atoms with Gasteiger partial charge in [-0.3, -0.25) is 14.4 Å². The first-order chi connectivity index (χ1) is 13.9. The standard InChI is InChI=1S/C23H27N3O3/c1-4-11-24-23(29)19-7-5-6-8-20(19)25-22(28)17-13-21(27)26(14-17)18-10-9-15(2)16(3)12-18/h5-10,12,17H,4,11,13-14H2,1-3H3,(H,24,29)(H,25,28)/t17-/m1/s1. The van der Waals surface area contributed by atoms with E-state index in [-0.39, 0.29) is 24.1 Å². The lowest BCUT2D eigenvalue weighted by molar-refractivity contribution is -0.122. The minimum Gasteiger partial charge on any atom is -0.352 e. The summed E-state index contributed by atoms with van der Waals surface area (Å²) < 4.78 is 0. The number of para-hydroxylation sites is 1. The van der Waals surface area contributed by atoms with Crippen molar-refractivity contribution in [1.29, 1.82) is 0 Å². The second kappa shape index (κ2) is 8.90. The van der Waals surface area contributed by atoms with Crippen LogP contribution in [0.5, 0.6) is 0 Å². The second-order valence-electron chi connectivity index (χ2n) is 7.46. The average molecular weight is 393 g/mol. The second-order valence-corrected chi connectivity index (χ2v) is 7.46. The molecule has 1 atom stereocenters. The first-order valence-electron chi connectivity index (χ1n) is 9.96. The molecule has 1 aliphatic rings. The molecule has 0 unspecified atom stereocenters. The Morgan fingerprint density at radius 1 is 1.10 bits per heavy atom. The maximum atomic E-state index is 12.8. The van der Waals surface area contributed by atoms with Crippen LogP contribution in [0, 0.1) is 19.8 Å². The highest BCUT2D eigenvalue weighted by molar-refractivity contribution is 6.07. The first-order valence-corrected chi connectivity index (χ1v) is 9.96. The molecule has 2 aromatic carbocycles. The number of benzene rings is 2. The summed E-state index contributed by atoms with van der Waals surface area (Å²) in [5.74, 6) is -0.999. The Bertz CT molecular complexity index is 939. The maximum Gasteiger partial charge on any atom is 0.253 e. The van der Waals surface area contributed by atoms with Crippen molar-refractivity contribution in [3.8, 4) is 0 Å². The van der Waals surface area contributed by atoms with Gasteiger partial charge in [0.1, 0.15) is 0 Å². The average Bonchev–Trinajstić information content (AvgIpc) is 3.10. The molecule has 6 heteroatoms. The van der Waals surface area contributed by atoms with Gasteiger partial charge in [-0.15, -0.1) is 0 Å². The Morgan fingerprint density at radius 3 is 2.59 bits per heavy atom. The first kappa shape index (κ1) is 20.6. The fourth-order valence-corrected chi connectivity index (χ4v) is 3.38. The van der Waals surface area contributed by atoms with E-state index >= 15 is 0 Å². The van der Waals surface area contributed by atoms with E-state index in [1.807, 2.05) is 39.0 Å². The zero-order valence-corrected chi connectivity index (χ0v) is 17.1. The van der Waals surface area contributed by atoms with Crippen molar-refractivity contribution in [2.75, 3.05) is 23.3 Å². The number of aryl methyl sites for hydroxylation is 2. The lowest BCUT2D eigenvalue weighted by atomic mass is 10.1. The molecule has 1 aliphatic heterocycles. The third-order valence-corrected chi connectivity index (χ3v) is 5.26. The molecule has 1 saturated heterocycles. The van der Waals surface area contributed by atoms with E-state index in [4.69, 9.17) is 0 Å². The van der Waals surface area contributed by atoms with Crippen molar-refractivity contribution in [3.05, 3.63) is 59.2 Å². The molecule has 6 nitrogen and oxygen atoms in total. The van der Waals surface area contributed by atoms with Gasteiger partial charge in [0.05, 0.1) is 17.2 Å². The van der Waals surface area contributed by atoms with Crippen LogP contribution in [0.15, 0.2) is 42.5 Å². The number of nitrogens with one attached hydrogen (secondary N) is 2. The minimum atomic E-state index is -0.462. The van der Waals surface area contributed by atoms with Gasteiger partial charge in [0.25, 0.3) is 5.91 Å². The highest BCUT2D eigenvalue weighted by Crippen LogP contribution is 2.28. The number of hydrogen-bond donors (Lipinski definition) is 2. The van der Waals surface area contributed by atoms with Gasteiger partial charge >= 0.3 is 0 Å². The summed E-state index contributed by atoms with van der Waals surface area (Å²) in [5, 5.41) is 5.67. The van der Waals surface area contributed by atoms with Gasteiger partial charge in [-0.25, -0.2) is 0 Å². The van der Waals surface area contributed by atoms with Gasteiger partial charge in [0.15, 0.2) is 0 Å². The van der Waals surface area contributed by atoms with E-state index in [1.165, 1.54) is 0 Å². The monoisotopic (exact) mass is 393 g/mol. The summed E-state index contributed by atoms with van der Waals surface area (Å²) in [6.07, 6.45) is 0.988. The molecular formula is C23H27N3O3. The number of rotatable bonds is 6. The van der Waals surface area contributed by atoms with E-state index in [0.717, 1.165) is 23.2 Å². The molecule has 0 radical (unpaired) electrons. The van der Waals surface area contributed by atoms with Gasteiger partial charge in [-0.2, -0.15) is 0 Å². The molecular weight excluding hydrogens is 366 g/mol. The summed E-state index contributed by atoms with van der Waals surface area (Å²) in [6.45, 7) is 6.91. The molecule has 0 spiro atoms. The highest BCUT2D eigenvalue weighted by Gasteiger charge is 2.35. The summed E-state index contributed by atoms with van der Waals surface area (Å²) >= 11 is 0. The molecule has 0 aliphatic carbocycles. The van der Waals surface area contributed by atoms with E-state index in [0.29, 0.717) is 24.3 Å². The fraction of sp³-hybridized carbons (Fsp3) is 0.348. The molecule has 0 bridgehead atoms. The van der Waals surface area contributed by atoms with Gasteiger partial charge in [-0.05, 0) is 55.7 Å². The molecule has 0 aromatic heterocycles. The number of carbonyl (C=O) groups is 3.